The second-order valence-corrected chi connectivity index (χ2v) is 2.65. The van der Waals surface area contributed by atoms with Crippen LogP contribution in [0.25, 0.3) is 0 Å². The van der Waals surface area contributed by atoms with E-state index in [9.17, 15) is 9.90 Å². The van der Waals surface area contributed by atoms with Gasteiger partial charge in [0.05, 0.1) is 13.3 Å². The lowest BCUT2D eigenvalue weighted by molar-refractivity contribution is -0.161. The summed E-state index contributed by atoms with van der Waals surface area (Å²) in [5.74, 6) is -0.756. The quantitative estimate of drug-likeness (QED) is 0.644. The van der Waals surface area contributed by atoms with Gasteiger partial charge >= 0.3 is 5.97 Å². The molecule has 0 aliphatic heterocycles. The van der Waals surface area contributed by atoms with Crippen LogP contribution in [0.5, 0.6) is 0 Å². The third-order valence-corrected chi connectivity index (χ3v) is 1.64. The number of ether oxygens (including phenoxy) is 1. The molecule has 0 fully saturated rings. The fourth-order valence-electron chi connectivity index (χ4n) is 0.854. The summed E-state index contributed by atoms with van der Waals surface area (Å²) in [6.45, 7) is 1.31. The van der Waals surface area contributed by atoms with Crippen molar-refractivity contribution < 1.29 is 14.6 Å². The van der Waals surface area contributed by atoms with Crippen LogP contribution in [-0.2, 0) is 15.1 Å². The average molecular weight is 182 g/mol. The number of nitrogens with zero attached hydrogens (tertiary/aromatic N) is 2. The molecule has 5 nitrogen and oxygen atoms in total. The molecule has 5 heteroatoms. The molecule has 1 heterocycles. The van der Waals surface area contributed by atoms with Crippen LogP contribution >= 0.6 is 0 Å². The first-order valence-corrected chi connectivity index (χ1v) is 3.66. The van der Waals surface area contributed by atoms with Crippen LogP contribution in [0.15, 0.2) is 18.6 Å². The first kappa shape index (κ1) is 9.60. The van der Waals surface area contributed by atoms with Crippen molar-refractivity contribution in [3.8, 4) is 0 Å². The van der Waals surface area contributed by atoms with Gasteiger partial charge in [-0.25, -0.2) is 4.79 Å². The summed E-state index contributed by atoms with van der Waals surface area (Å²) in [7, 11) is 1.20. The predicted octanol–water partition coefficient (Wildman–Crippen LogP) is -0.143. The van der Waals surface area contributed by atoms with Gasteiger partial charge in [-0.3, -0.25) is 9.97 Å². The van der Waals surface area contributed by atoms with Crippen molar-refractivity contribution in [2.75, 3.05) is 7.11 Å². The maximum absolute atomic E-state index is 11.1. The van der Waals surface area contributed by atoms with Crippen molar-refractivity contribution in [1.29, 1.82) is 0 Å². The highest BCUT2D eigenvalue weighted by Gasteiger charge is 2.35. The maximum atomic E-state index is 11.1. The smallest absolute Gasteiger partial charge is 0.343 e. The number of esters is 1. The Bertz CT molecular complexity index is 298. The highest BCUT2D eigenvalue weighted by Crippen LogP contribution is 2.18. The summed E-state index contributed by atoms with van der Waals surface area (Å²) in [4.78, 5) is 18.6. The lowest BCUT2D eigenvalue weighted by atomic mass is 10.0. The lowest BCUT2D eigenvalue weighted by Gasteiger charge is -2.18. The zero-order valence-electron chi connectivity index (χ0n) is 7.39. The Balaban J connectivity index is 3.00. The van der Waals surface area contributed by atoms with Crippen molar-refractivity contribution in [3.05, 3.63) is 24.3 Å². The number of carbonyl (C=O) groups excluding carboxylic acids is 1. The molecule has 0 bridgehead atoms. The molecule has 0 aliphatic rings. The van der Waals surface area contributed by atoms with E-state index in [-0.39, 0.29) is 5.69 Å². The molecular formula is C8H10N2O3. The summed E-state index contributed by atoms with van der Waals surface area (Å²) in [5, 5.41) is 9.68. The number of carbonyl (C=O) groups is 1. The fraction of sp³-hybridized carbons (Fsp3) is 0.375. The van der Waals surface area contributed by atoms with Gasteiger partial charge in [-0.1, -0.05) is 0 Å². The molecule has 1 aromatic heterocycles. The first-order valence-electron chi connectivity index (χ1n) is 3.66. The monoisotopic (exact) mass is 182 g/mol. The highest BCUT2D eigenvalue weighted by molar-refractivity contribution is 5.79. The molecule has 1 N–H and O–H groups in total. The third kappa shape index (κ3) is 1.81. The van der Waals surface area contributed by atoms with Gasteiger partial charge in [-0.15, -0.1) is 0 Å². The van der Waals surface area contributed by atoms with Gasteiger partial charge in [0.15, 0.2) is 0 Å². The van der Waals surface area contributed by atoms with Crippen LogP contribution in [0.3, 0.4) is 0 Å². The number of aromatic nitrogens is 2. The Morgan fingerprint density at radius 1 is 1.62 bits per heavy atom. The van der Waals surface area contributed by atoms with E-state index in [1.165, 1.54) is 32.6 Å². The standard InChI is InChI=1S/C8H10N2O3/c1-8(12,7(11)13-2)6-5-9-3-4-10-6/h3-5,12H,1-2H3/t8-/m0/s1. The Morgan fingerprint density at radius 3 is 2.77 bits per heavy atom. The molecule has 0 amide bonds. The Morgan fingerprint density at radius 2 is 2.31 bits per heavy atom. The Hall–Kier alpha value is -1.49. The van der Waals surface area contributed by atoms with Crippen LogP contribution in [0.1, 0.15) is 12.6 Å². The van der Waals surface area contributed by atoms with E-state index in [1.807, 2.05) is 0 Å². The first-order chi connectivity index (χ1) is 6.09. The van der Waals surface area contributed by atoms with E-state index >= 15 is 0 Å². The summed E-state index contributed by atoms with van der Waals surface area (Å²) < 4.78 is 4.41. The minimum atomic E-state index is -1.73. The predicted molar refractivity (Wildman–Crippen MR) is 43.6 cm³/mol. The van der Waals surface area contributed by atoms with Crippen molar-refractivity contribution in [2.45, 2.75) is 12.5 Å². The molecule has 13 heavy (non-hydrogen) atoms. The van der Waals surface area contributed by atoms with Gasteiger partial charge in [0.25, 0.3) is 0 Å². The molecule has 0 aromatic carbocycles. The van der Waals surface area contributed by atoms with E-state index in [0.29, 0.717) is 0 Å². The molecule has 1 rings (SSSR count). The molecular weight excluding hydrogens is 172 g/mol. The maximum Gasteiger partial charge on any atom is 0.343 e. The number of rotatable bonds is 2. The third-order valence-electron chi connectivity index (χ3n) is 1.64. The van der Waals surface area contributed by atoms with Gasteiger partial charge in [-0.2, -0.15) is 0 Å². The molecule has 0 saturated heterocycles. The highest BCUT2D eigenvalue weighted by atomic mass is 16.5. The van der Waals surface area contributed by atoms with E-state index in [2.05, 4.69) is 14.7 Å². The zero-order valence-corrected chi connectivity index (χ0v) is 7.39. The number of hydrogen-bond acceptors (Lipinski definition) is 5. The van der Waals surface area contributed by atoms with Gasteiger partial charge < -0.3 is 9.84 Å². The zero-order chi connectivity index (χ0) is 9.90. The number of aliphatic hydroxyl groups is 1. The van der Waals surface area contributed by atoms with Gasteiger partial charge in [0.2, 0.25) is 5.60 Å². The summed E-state index contributed by atoms with van der Waals surface area (Å²) >= 11 is 0. The Kier molecular flexibility index (Phi) is 2.57. The van der Waals surface area contributed by atoms with E-state index < -0.39 is 11.6 Å². The molecule has 1 aromatic rings. The van der Waals surface area contributed by atoms with Crippen LogP contribution in [0.2, 0.25) is 0 Å². The number of methoxy groups -OCH3 is 1. The second-order valence-electron chi connectivity index (χ2n) is 2.65. The van der Waals surface area contributed by atoms with Crippen LogP contribution < -0.4 is 0 Å². The van der Waals surface area contributed by atoms with Crippen molar-refractivity contribution >= 4 is 5.97 Å². The van der Waals surface area contributed by atoms with E-state index in [4.69, 9.17) is 0 Å². The molecule has 70 valence electrons. The van der Waals surface area contributed by atoms with Gasteiger partial charge in [-0.05, 0) is 6.92 Å². The van der Waals surface area contributed by atoms with Crippen molar-refractivity contribution in [2.24, 2.45) is 0 Å². The molecule has 0 aliphatic carbocycles. The minimum Gasteiger partial charge on any atom is -0.467 e. The van der Waals surface area contributed by atoms with Crippen LogP contribution in [0, 0.1) is 0 Å². The van der Waals surface area contributed by atoms with Gasteiger partial charge in [0.1, 0.15) is 5.69 Å². The SMILES string of the molecule is COC(=O)[C@@](C)(O)c1cnccn1. The lowest BCUT2D eigenvalue weighted by Crippen LogP contribution is -2.34. The van der Waals surface area contributed by atoms with Crippen molar-refractivity contribution in [3.63, 3.8) is 0 Å². The normalized spacial score (nSPS) is 14.7. The van der Waals surface area contributed by atoms with E-state index in [1.54, 1.807) is 0 Å². The molecule has 0 radical (unpaired) electrons. The topological polar surface area (TPSA) is 72.3 Å². The molecule has 1 atom stereocenters. The second kappa shape index (κ2) is 3.49. The largest absolute Gasteiger partial charge is 0.467 e. The number of hydrogen-bond donors (Lipinski definition) is 1. The minimum absolute atomic E-state index is 0.168. The summed E-state index contributed by atoms with van der Waals surface area (Å²) in [6, 6.07) is 0. The van der Waals surface area contributed by atoms with E-state index in [0.717, 1.165) is 0 Å². The molecule has 0 unspecified atom stereocenters. The average Bonchev–Trinajstić information content (AvgIpc) is 2.18. The Labute approximate surface area is 75.4 Å². The summed E-state index contributed by atoms with van der Waals surface area (Å²) in [6.07, 6.45) is 4.17. The van der Waals surface area contributed by atoms with Crippen molar-refractivity contribution in [1.82, 2.24) is 9.97 Å². The van der Waals surface area contributed by atoms with Crippen LogP contribution in [0.4, 0.5) is 0 Å². The van der Waals surface area contributed by atoms with Crippen LogP contribution in [-0.4, -0.2) is 28.2 Å². The fourth-order valence-corrected chi connectivity index (χ4v) is 0.854. The summed E-state index contributed by atoms with van der Waals surface area (Å²) in [5.41, 5.74) is -1.56. The molecule has 0 spiro atoms. The van der Waals surface area contributed by atoms with Gasteiger partial charge in [0, 0.05) is 12.4 Å². The molecule has 0 saturated carbocycles.